The maximum Gasteiger partial charge on any atom is 0.255 e. The molecule has 0 atom stereocenters. The second-order valence-corrected chi connectivity index (χ2v) is 11.5. The number of hydrogen-bond acceptors (Lipinski definition) is 6. The molecule has 0 radical (unpaired) electrons. The molecule has 40 heavy (non-hydrogen) atoms. The first kappa shape index (κ1) is 27.5. The number of pyridine rings is 1. The average Bonchev–Trinajstić information content (AvgIpc) is 3.44. The van der Waals surface area contributed by atoms with Gasteiger partial charge in [0.1, 0.15) is 11.4 Å². The van der Waals surface area contributed by atoms with Crippen molar-refractivity contribution in [2.75, 3.05) is 25.5 Å². The summed E-state index contributed by atoms with van der Waals surface area (Å²) in [6.07, 6.45) is 9.05. The lowest BCUT2D eigenvalue weighted by molar-refractivity contribution is 0.102. The van der Waals surface area contributed by atoms with E-state index in [-0.39, 0.29) is 11.3 Å². The van der Waals surface area contributed by atoms with Crippen LogP contribution in [0, 0.1) is 6.92 Å². The summed E-state index contributed by atoms with van der Waals surface area (Å²) in [7, 11) is 1.68. The number of hydrogen-bond donors (Lipinski definition) is 1. The lowest BCUT2D eigenvalue weighted by Crippen LogP contribution is -2.29. The number of aryl methyl sites for hydroxylation is 1. The van der Waals surface area contributed by atoms with Crippen LogP contribution in [-0.4, -0.2) is 51.0 Å². The zero-order valence-electron chi connectivity index (χ0n) is 24.1. The molecule has 5 rings (SSSR count). The maximum atomic E-state index is 13.6. The first-order valence-electron chi connectivity index (χ1n) is 13.9. The van der Waals surface area contributed by atoms with E-state index in [9.17, 15) is 4.79 Å². The molecule has 3 heterocycles. The van der Waals surface area contributed by atoms with Gasteiger partial charge in [-0.2, -0.15) is 0 Å². The fourth-order valence-corrected chi connectivity index (χ4v) is 5.15. The topological polar surface area (TPSA) is 85.2 Å². The van der Waals surface area contributed by atoms with Gasteiger partial charge in [-0.25, -0.2) is 4.68 Å². The minimum atomic E-state index is -0.206. The fourth-order valence-electron chi connectivity index (χ4n) is 5.15. The van der Waals surface area contributed by atoms with Crippen molar-refractivity contribution in [3.63, 3.8) is 0 Å². The minimum absolute atomic E-state index is 0.0848. The highest BCUT2D eigenvalue weighted by atomic mass is 16.5. The predicted octanol–water partition coefficient (Wildman–Crippen LogP) is 6.18. The highest BCUT2D eigenvalue weighted by Gasteiger charge is 2.23. The third-order valence-corrected chi connectivity index (χ3v) is 7.50. The Bertz CT molecular complexity index is 1480. The zero-order valence-corrected chi connectivity index (χ0v) is 24.1. The number of rotatable bonds is 7. The Hall–Kier alpha value is -4.04. The Balaban J connectivity index is 1.45. The highest BCUT2D eigenvalue weighted by molar-refractivity contribution is 6.05. The normalized spacial score (nSPS) is 14.2. The molecule has 1 aliphatic rings. The number of methoxy groups -OCH3 is 1. The van der Waals surface area contributed by atoms with E-state index in [0.29, 0.717) is 16.9 Å². The first-order valence-corrected chi connectivity index (χ1v) is 13.9. The summed E-state index contributed by atoms with van der Waals surface area (Å²) in [5.41, 5.74) is 6.76. The largest absolute Gasteiger partial charge is 0.494 e. The third-order valence-electron chi connectivity index (χ3n) is 7.50. The number of likely N-dealkylation sites (tertiary alicyclic amines) is 1. The molecular formula is C32H38N6O2. The van der Waals surface area contributed by atoms with Gasteiger partial charge in [0.25, 0.3) is 5.91 Å². The van der Waals surface area contributed by atoms with Gasteiger partial charge in [0, 0.05) is 35.6 Å². The Labute approximate surface area is 236 Å². The van der Waals surface area contributed by atoms with Gasteiger partial charge >= 0.3 is 0 Å². The maximum absolute atomic E-state index is 13.6. The highest BCUT2D eigenvalue weighted by Crippen LogP contribution is 2.37. The summed E-state index contributed by atoms with van der Waals surface area (Å²) in [4.78, 5) is 20.3. The lowest BCUT2D eigenvalue weighted by Gasteiger charge is -2.29. The van der Waals surface area contributed by atoms with Crippen molar-refractivity contribution in [2.24, 2.45) is 0 Å². The van der Waals surface area contributed by atoms with Crippen LogP contribution >= 0.6 is 0 Å². The summed E-state index contributed by atoms with van der Waals surface area (Å²) in [5, 5.41) is 11.8. The van der Waals surface area contributed by atoms with Gasteiger partial charge in [-0.05, 0) is 79.7 Å². The van der Waals surface area contributed by atoms with Crippen LogP contribution in [0.4, 0.5) is 5.69 Å². The van der Waals surface area contributed by atoms with Crippen LogP contribution in [0.3, 0.4) is 0 Å². The predicted molar refractivity (Wildman–Crippen MR) is 158 cm³/mol. The molecule has 2 aromatic carbocycles. The van der Waals surface area contributed by atoms with E-state index in [4.69, 9.17) is 4.74 Å². The van der Waals surface area contributed by atoms with E-state index in [1.807, 2.05) is 49.5 Å². The van der Waals surface area contributed by atoms with E-state index in [0.717, 1.165) is 53.3 Å². The lowest BCUT2D eigenvalue weighted by atomic mass is 9.85. The molecule has 1 N–H and O–H groups in total. The molecule has 8 nitrogen and oxygen atoms in total. The van der Waals surface area contributed by atoms with Crippen molar-refractivity contribution in [1.82, 2.24) is 24.9 Å². The molecule has 1 amide bonds. The monoisotopic (exact) mass is 538 g/mol. The third kappa shape index (κ3) is 6.07. The second kappa shape index (κ2) is 11.6. The quantitative estimate of drug-likeness (QED) is 0.302. The Morgan fingerprint density at radius 1 is 1.07 bits per heavy atom. The van der Waals surface area contributed by atoms with Gasteiger partial charge in [0.15, 0.2) is 0 Å². The van der Waals surface area contributed by atoms with E-state index >= 15 is 0 Å². The number of carbonyl (C=O) groups excluding carboxylic acids is 1. The molecule has 0 aliphatic carbocycles. The molecule has 8 heteroatoms. The number of carbonyl (C=O) groups is 1. The van der Waals surface area contributed by atoms with Crippen LogP contribution in [0.15, 0.2) is 61.1 Å². The molecule has 2 aromatic heterocycles. The SMILES string of the molecule is COc1c(CN2CCCCC2)cc(C(C)(C)C)cc1NC(=O)c1ccc(C)c(-n2cc(-c3cccnc3)nn2)c1. The van der Waals surface area contributed by atoms with E-state index < -0.39 is 0 Å². The van der Waals surface area contributed by atoms with Gasteiger partial charge in [0.05, 0.1) is 24.7 Å². The molecule has 1 fully saturated rings. The number of benzene rings is 2. The van der Waals surface area contributed by atoms with Crippen LogP contribution in [0.5, 0.6) is 5.75 Å². The van der Waals surface area contributed by atoms with E-state index in [2.05, 4.69) is 52.4 Å². The van der Waals surface area contributed by atoms with Crippen LogP contribution in [-0.2, 0) is 12.0 Å². The van der Waals surface area contributed by atoms with Crippen molar-refractivity contribution in [1.29, 1.82) is 0 Å². The van der Waals surface area contributed by atoms with E-state index in [1.54, 1.807) is 24.2 Å². The van der Waals surface area contributed by atoms with Crippen molar-refractivity contribution in [2.45, 2.75) is 58.9 Å². The van der Waals surface area contributed by atoms with Gasteiger partial charge in [-0.3, -0.25) is 14.7 Å². The van der Waals surface area contributed by atoms with Crippen LogP contribution in [0.25, 0.3) is 16.9 Å². The Morgan fingerprint density at radius 2 is 1.88 bits per heavy atom. The summed E-state index contributed by atoms with van der Waals surface area (Å²) in [6, 6.07) is 13.7. The van der Waals surface area contributed by atoms with Crippen LogP contribution in [0.1, 0.15) is 67.1 Å². The summed E-state index contributed by atoms with van der Waals surface area (Å²) in [5.74, 6) is 0.513. The molecule has 0 unspecified atom stereocenters. The molecule has 0 saturated carbocycles. The number of anilines is 1. The number of aromatic nitrogens is 4. The number of piperidine rings is 1. The molecule has 0 bridgehead atoms. The average molecular weight is 539 g/mol. The number of nitrogens with one attached hydrogen (secondary N) is 1. The Morgan fingerprint density at radius 3 is 2.58 bits per heavy atom. The fraction of sp³-hybridized carbons (Fsp3) is 0.375. The van der Waals surface area contributed by atoms with Gasteiger partial charge in [-0.15, -0.1) is 5.10 Å². The minimum Gasteiger partial charge on any atom is -0.494 e. The number of nitrogens with zero attached hydrogens (tertiary/aromatic N) is 5. The second-order valence-electron chi connectivity index (χ2n) is 11.5. The Kier molecular flexibility index (Phi) is 7.98. The van der Waals surface area contributed by atoms with Gasteiger partial charge < -0.3 is 10.1 Å². The molecular weight excluding hydrogens is 500 g/mol. The van der Waals surface area contributed by atoms with Crippen molar-refractivity contribution < 1.29 is 9.53 Å². The standard InChI is InChI=1S/C32H38N6O2/c1-22-11-12-23(17-29(22)38-21-28(35-36-38)24-10-9-13-33-19-24)31(39)34-27-18-26(32(2,3)4)16-25(30(27)40-5)20-37-14-7-6-8-15-37/h9-13,16-19,21H,6-8,14-15,20H2,1-5H3,(H,34,39). The molecule has 1 aliphatic heterocycles. The molecule has 0 spiro atoms. The molecule has 208 valence electrons. The number of ether oxygens (including phenoxy) is 1. The van der Waals surface area contributed by atoms with Crippen LogP contribution in [0.2, 0.25) is 0 Å². The van der Waals surface area contributed by atoms with Crippen molar-refractivity contribution in [3.05, 3.63) is 83.3 Å². The van der Waals surface area contributed by atoms with E-state index in [1.165, 1.54) is 19.3 Å². The summed E-state index contributed by atoms with van der Waals surface area (Å²) in [6.45, 7) is 11.5. The van der Waals surface area contributed by atoms with Crippen molar-refractivity contribution >= 4 is 11.6 Å². The first-order chi connectivity index (χ1) is 19.2. The van der Waals surface area contributed by atoms with Crippen molar-refractivity contribution in [3.8, 4) is 22.7 Å². The number of amides is 1. The smallest absolute Gasteiger partial charge is 0.255 e. The molecule has 1 saturated heterocycles. The van der Waals surface area contributed by atoms with Crippen LogP contribution < -0.4 is 10.1 Å². The van der Waals surface area contributed by atoms with Gasteiger partial charge in [0.2, 0.25) is 0 Å². The summed E-state index contributed by atoms with van der Waals surface area (Å²) < 4.78 is 7.61. The van der Waals surface area contributed by atoms with Gasteiger partial charge in [-0.1, -0.05) is 44.5 Å². The zero-order chi connectivity index (χ0) is 28.3. The summed E-state index contributed by atoms with van der Waals surface area (Å²) >= 11 is 0. The molecule has 4 aromatic rings.